The van der Waals surface area contributed by atoms with Crippen LogP contribution in [0.1, 0.15) is 20.8 Å². The van der Waals surface area contributed by atoms with E-state index in [9.17, 15) is 0 Å². The van der Waals surface area contributed by atoms with Crippen molar-refractivity contribution in [3.05, 3.63) is 0 Å². The number of hydrogen-bond donors (Lipinski definition) is 0. The van der Waals surface area contributed by atoms with Crippen LogP contribution in [-0.2, 0) is 4.74 Å². The van der Waals surface area contributed by atoms with Crippen molar-refractivity contribution < 1.29 is 4.74 Å². The summed E-state index contributed by atoms with van der Waals surface area (Å²) in [5.41, 5.74) is 0. The molecule has 9 heavy (non-hydrogen) atoms. The van der Waals surface area contributed by atoms with E-state index in [4.69, 9.17) is 4.74 Å². The zero-order valence-electron chi connectivity index (χ0n) is 6.31. The molecule has 0 saturated carbocycles. The summed E-state index contributed by atoms with van der Waals surface area (Å²) in [7, 11) is 0. The van der Waals surface area contributed by atoms with Crippen molar-refractivity contribution in [2.75, 3.05) is 12.4 Å². The Morgan fingerprint density at radius 2 is 2.11 bits per heavy atom. The summed E-state index contributed by atoms with van der Waals surface area (Å²) in [6.07, 6.45) is 0.578. The third kappa shape index (κ3) is 3.82. The Labute approximate surface area is 61.2 Å². The van der Waals surface area contributed by atoms with Crippen molar-refractivity contribution in [3.8, 4) is 0 Å². The molecule has 0 aliphatic carbocycles. The maximum Gasteiger partial charge on any atom is 0.0900 e. The third-order valence-corrected chi connectivity index (χ3v) is 2.51. The van der Waals surface area contributed by atoms with E-state index < -0.39 is 0 Å². The lowest BCUT2D eigenvalue weighted by Gasteiger charge is -2.15. The molecule has 0 bridgehead atoms. The fraction of sp³-hybridized carbons (Fsp3) is 1.00. The average molecular weight is 146 g/mol. The molecule has 1 aliphatic rings. The Kier molecular flexibility index (Phi) is 2.07. The quantitative estimate of drug-likeness (QED) is 0.552. The van der Waals surface area contributed by atoms with Crippen LogP contribution in [0.5, 0.6) is 0 Å². The van der Waals surface area contributed by atoms with Gasteiger partial charge in [0.25, 0.3) is 0 Å². The summed E-state index contributed by atoms with van der Waals surface area (Å²) in [6, 6.07) is 0. The van der Waals surface area contributed by atoms with E-state index in [1.165, 1.54) is 5.75 Å². The first-order valence-electron chi connectivity index (χ1n) is 3.33. The predicted molar refractivity (Wildman–Crippen MR) is 42.0 cm³/mol. The highest BCUT2D eigenvalue weighted by atomic mass is 32.2. The second kappa shape index (κ2) is 2.51. The molecule has 1 rings (SSSR count). The number of ether oxygens (including phenoxy) is 1. The van der Waals surface area contributed by atoms with Crippen LogP contribution in [-0.4, -0.2) is 23.2 Å². The van der Waals surface area contributed by atoms with E-state index in [0.29, 0.717) is 10.9 Å². The van der Waals surface area contributed by atoms with Gasteiger partial charge in [0, 0.05) is 10.5 Å². The van der Waals surface area contributed by atoms with E-state index in [1.807, 2.05) is 11.8 Å². The molecule has 1 fully saturated rings. The smallest absolute Gasteiger partial charge is 0.0900 e. The molecule has 0 radical (unpaired) electrons. The Bertz CT molecular complexity index is 91.6. The summed E-state index contributed by atoms with van der Waals surface area (Å²) in [4.78, 5) is 0. The Morgan fingerprint density at radius 3 is 2.44 bits per heavy atom. The van der Waals surface area contributed by atoms with Gasteiger partial charge in [0.05, 0.1) is 12.7 Å². The van der Waals surface area contributed by atoms with Gasteiger partial charge < -0.3 is 4.74 Å². The fourth-order valence-corrected chi connectivity index (χ4v) is 1.39. The average Bonchev–Trinajstić information content (AvgIpc) is 2.38. The predicted octanol–water partition coefficient (Wildman–Crippen LogP) is 1.92. The zero-order chi connectivity index (χ0) is 6.91. The van der Waals surface area contributed by atoms with E-state index in [-0.39, 0.29) is 0 Å². The maximum absolute atomic E-state index is 5.08. The first-order chi connectivity index (χ1) is 4.08. The molecule has 1 heterocycles. The van der Waals surface area contributed by atoms with Gasteiger partial charge in [-0.3, -0.25) is 0 Å². The zero-order valence-corrected chi connectivity index (χ0v) is 7.12. The van der Waals surface area contributed by atoms with Crippen molar-refractivity contribution in [1.82, 2.24) is 0 Å². The normalized spacial score (nSPS) is 26.3. The first-order valence-corrected chi connectivity index (χ1v) is 4.32. The molecule has 0 unspecified atom stereocenters. The summed E-state index contributed by atoms with van der Waals surface area (Å²) < 4.78 is 5.49. The molecule has 2 heteroatoms. The minimum Gasteiger partial charge on any atom is -0.372 e. The standard InChI is InChI=1S/C7H14OS/c1-7(2,3)9-5-6-4-8-6/h6H,4-5H2,1-3H3/t6-/m0/s1. The van der Waals surface area contributed by atoms with Crippen LogP contribution in [0.3, 0.4) is 0 Å². The SMILES string of the molecule is CC(C)(C)SC[C@@H]1CO1. The third-order valence-electron chi connectivity index (χ3n) is 1.10. The molecule has 1 saturated heterocycles. The van der Waals surface area contributed by atoms with Crippen LogP contribution >= 0.6 is 11.8 Å². The molecule has 54 valence electrons. The fourth-order valence-electron chi connectivity index (χ4n) is 0.507. The van der Waals surface area contributed by atoms with Gasteiger partial charge in [0.2, 0.25) is 0 Å². The lowest BCUT2D eigenvalue weighted by atomic mass is 10.3. The lowest BCUT2D eigenvalue weighted by molar-refractivity contribution is 0.425. The summed E-state index contributed by atoms with van der Waals surface area (Å²) in [5.74, 6) is 1.17. The number of hydrogen-bond acceptors (Lipinski definition) is 2. The van der Waals surface area contributed by atoms with Gasteiger partial charge in [-0.2, -0.15) is 11.8 Å². The van der Waals surface area contributed by atoms with Gasteiger partial charge in [-0.15, -0.1) is 0 Å². The molecular formula is C7H14OS. The van der Waals surface area contributed by atoms with Crippen LogP contribution in [0, 0.1) is 0 Å². The van der Waals surface area contributed by atoms with Gasteiger partial charge in [-0.25, -0.2) is 0 Å². The minimum absolute atomic E-state index is 0.409. The Balaban J connectivity index is 2.03. The highest BCUT2D eigenvalue weighted by molar-refractivity contribution is 8.00. The van der Waals surface area contributed by atoms with Crippen molar-refractivity contribution in [1.29, 1.82) is 0 Å². The molecule has 0 aromatic heterocycles. The summed E-state index contributed by atoms with van der Waals surface area (Å²) >= 11 is 1.98. The van der Waals surface area contributed by atoms with Gasteiger partial charge in [0.1, 0.15) is 0 Å². The molecule has 0 spiro atoms. The largest absolute Gasteiger partial charge is 0.372 e. The van der Waals surface area contributed by atoms with E-state index >= 15 is 0 Å². The van der Waals surface area contributed by atoms with Crippen molar-refractivity contribution in [2.24, 2.45) is 0 Å². The second-order valence-corrected chi connectivity index (χ2v) is 5.23. The highest BCUT2D eigenvalue weighted by Gasteiger charge is 2.24. The van der Waals surface area contributed by atoms with Crippen LogP contribution < -0.4 is 0 Å². The first kappa shape index (κ1) is 7.42. The molecule has 0 amide bonds. The van der Waals surface area contributed by atoms with Gasteiger partial charge in [-0.05, 0) is 0 Å². The molecule has 1 atom stereocenters. The molecule has 0 aromatic rings. The van der Waals surface area contributed by atoms with Gasteiger partial charge in [-0.1, -0.05) is 20.8 Å². The molecule has 0 aromatic carbocycles. The second-order valence-electron chi connectivity index (χ2n) is 3.38. The Morgan fingerprint density at radius 1 is 1.56 bits per heavy atom. The van der Waals surface area contributed by atoms with E-state index in [0.717, 1.165) is 6.61 Å². The van der Waals surface area contributed by atoms with E-state index in [1.54, 1.807) is 0 Å². The van der Waals surface area contributed by atoms with Crippen LogP contribution in [0.4, 0.5) is 0 Å². The van der Waals surface area contributed by atoms with E-state index in [2.05, 4.69) is 20.8 Å². The monoisotopic (exact) mass is 146 g/mol. The van der Waals surface area contributed by atoms with Crippen molar-refractivity contribution in [3.63, 3.8) is 0 Å². The number of rotatable bonds is 2. The molecular weight excluding hydrogens is 132 g/mol. The van der Waals surface area contributed by atoms with Gasteiger partial charge >= 0.3 is 0 Å². The lowest BCUT2D eigenvalue weighted by Crippen LogP contribution is -2.10. The van der Waals surface area contributed by atoms with Crippen molar-refractivity contribution >= 4 is 11.8 Å². The topological polar surface area (TPSA) is 12.5 Å². The molecule has 1 aliphatic heterocycles. The van der Waals surface area contributed by atoms with Gasteiger partial charge in [0.15, 0.2) is 0 Å². The number of thioether (sulfide) groups is 1. The van der Waals surface area contributed by atoms with Crippen LogP contribution in [0.15, 0.2) is 0 Å². The highest BCUT2D eigenvalue weighted by Crippen LogP contribution is 2.27. The molecule has 0 N–H and O–H groups in total. The van der Waals surface area contributed by atoms with Crippen LogP contribution in [0.2, 0.25) is 0 Å². The number of epoxide rings is 1. The van der Waals surface area contributed by atoms with Crippen LogP contribution in [0.25, 0.3) is 0 Å². The summed E-state index contributed by atoms with van der Waals surface area (Å²) in [6.45, 7) is 7.70. The van der Waals surface area contributed by atoms with Crippen molar-refractivity contribution in [2.45, 2.75) is 31.6 Å². The molecule has 1 nitrogen and oxygen atoms in total. The summed E-state index contributed by atoms with van der Waals surface area (Å²) in [5, 5.41) is 0. The Hall–Kier alpha value is 0.310. The minimum atomic E-state index is 0.409. The maximum atomic E-state index is 5.08.